The summed E-state index contributed by atoms with van der Waals surface area (Å²) in [5.74, 6) is -0.917. The molecule has 0 bridgehead atoms. The number of halogens is 5. The van der Waals surface area contributed by atoms with E-state index in [2.05, 4.69) is 25.4 Å². The van der Waals surface area contributed by atoms with E-state index in [0.717, 1.165) is 23.1 Å². The first-order valence-corrected chi connectivity index (χ1v) is 11.5. The van der Waals surface area contributed by atoms with E-state index in [9.17, 15) is 27.2 Å². The number of rotatable bonds is 9. The highest BCUT2D eigenvalue weighted by Crippen LogP contribution is 2.30. The van der Waals surface area contributed by atoms with Crippen LogP contribution in [0.25, 0.3) is 11.2 Å². The first kappa shape index (κ1) is 25.5. The van der Waals surface area contributed by atoms with Crippen LogP contribution < -0.4 is 11.2 Å². The summed E-state index contributed by atoms with van der Waals surface area (Å²) in [5, 5.41) is 11.8. The molecule has 4 aromatic rings. The summed E-state index contributed by atoms with van der Waals surface area (Å²) in [6.45, 7) is 2.56. The Morgan fingerprint density at radius 2 is 1.81 bits per heavy atom. The van der Waals surface area contributed by atoms with Crippen LogP contribution in [0, 0.1) is 5.82 Å². The van der Waals surface area contributed by atoms with Crippen molar-refractivity contribution < 1.29 is 17.6 Å². The summed E-state index contributed by atoms with van der Waals surface area (Å²) in [7, 11) is 0. The molecular weight excluding hydrogens is 508 g/mol. The Bertz CT molecular complexity index is 1500. The number of aryl methyl sites for hydroxylation is 2. The molecular formula is C21H21ClF4N8O2. The molecule has 15 heteroatoms. The van der Waals surface area contributed by atoms with Crippen LogP contribution in [-0.4, -0.2) is 39.3 Å². The first-order valence-electron chi connectivity index (χ1n) is 11.1. The normalized spacial score (nSPS) is 12.1. The number of tetrazole rings is 1. The van der Waals surface area contributed by atoms with E-state index in [1.54, 1.807) is 0 Å². The van der Waals surface area contributed by atoms with Crippen LogP contribution in [0.2, 0.25) is 5.28 Å². The van der Waals surface area contributed by atoms with Crippen molar-refractivity contribution in [2.75, 3.05) is 0 Å². The van der Waals surface area contributed by atoms with E-state index in [1.165, 1.54) is 9.36 Å². The molecule has 0 unspecified atom stereocenters. The number of hydrogen-bond acceptors (Lipinski definition) is 6. The lowest BCUT2D eigenvalue weighted by atomic mass is 10.1. The van der Waals surface area contributed by atoms with Gasteiger partial charge in [0.25, 0.3) is 5.56 Å². The van der Waals surface area contributed by atoms with Gasteiger partial charge in [-0.1, -0.05) is 13.3 Å². The molecule has 0 amide bonds. The predicted octanol–water partition coefficient (Wildman–Crippen LogP) is 3.17. The second-order valence-corrected chi connectivity index (χ2v) is 8.51. The Labute approximate surface area is 205 Å². The first-order chi connectivity index (χ1) is 17.1. The number of unbranched alkanes of at least 4 members (excludes halogenated alkanes) is 1. The molecule has 0 fully saturated rings. The third-order valence-electron chi connectivity index (χ3n) is 5.45. The van der Waals surface area contributed by atoms with Gasteiger partial charge in [0.15, 0.2) is 17.0 Å². The Kier molecular flexibility index (Phi) is 7.24. The minimum absolute atomic E-state index is 0.00416. The van der Waals surface area contributed by atoms with E-state index in [4.69, 9.17) is 11.6 Å². The van der Waals surface area contributed by atoms with Gasteiger partial charge in [0.2, 0.25) is 5.28 Å². The lowest BCUT2D eigenvalue weighted by Crippen LogP contribution is -2.40. The van der Waals surface area contributed by atoms with Gasteiger partial charge in [0, 0.05) is 19.5 Å². The van der Waals surface area contributed by atoms with E-state index in [1.807, 2.05) is 6.92 Å². The van der Waals surface area contributed by atoms with Crippen LogP contribution in [0.4, 0.5) is 17.6 Å². The zero-order valence-corrected chi connectivity index (χ0v) is 19.8. The van der Waals surface area contributed by atoms with Gasteiger partial charge in [-0.25, -0.2) is 9.18 Å². The Balaban J connectivity index is 1.47. The van der Waals surface area contributed by atoms with Gasteiger partial charge in [-0.05, 0) is 53.4 Å². The number of alkyl halides is 3. The maximum absolute atomic E-state index is 13.6. The van der Waals surface area contributed by atoms with Crippen LogP contribution >= 0.6 is 11.6 Å². The number of nitrogens with one attached hydrogen (secondary N) is 1. The van der Waals surface area contributed by atoms with E-state index < -0.39 is 28.8 Å². The van der Waals surface area contributed by atoms with Crippen molar-refractivity contribution in [2.24, 2.45) is 0 Å². The third kappa shape index (κ3) is 5.48. The fourth-order valence-electron chi connectivity index (χ4n) is 3.76. The number of hydrogen-bond donors (Lipinski definition) is 1. The fourth-order valence-corrected chi connectivity index (χ4v) is 3.94. The quantitative estimate of drug-likeness (QED) is 0.263. The molecule has 4 rings (SSSR count). The van der Waals surface area contributed by atoms with E-state index in [-0.39, 0.29) is 53.8 Å². The molecule has 0 atom stereocenters. The Morgan fingerprint density at radius 1 is 1.06 bits per heavy atom. The third-order valence-corrected chi connectivity index (χ3v) is 5.63. The number of aromatic amines is 1. The molecule has 0 saturated carbocycles. The van der Waals surface area contributed by atoms with E-state index in [0.29, 0.717) is 19.0 Å². The molecule has 0 aliphatic rings. The van der Waals surface area contributed by atoms with Crippen LogP contribution in [-0.2, 0) is 32.2 Å². The van der Waals surface area contributed by atoms with E-state index >= 15 is 0 Å². The highest BCUT2D eigenvalue weighted by atomic mass is 35.5. The highest BCUT2D eigenvalue weighted by Gasteiger charge is 2.31. The molecule has 3 heterocycles. The molecule has 36 heavy (non-hydrogen) atoms. The van der Waals surface area contributed by atoms with Gasteiger partial charge in [-0.15, -0.1) is 10.2 Å². The smallest absolute Gasteiger partial charge is 0.323 e. The largest absolute Gasteiger partial charge is 0.416 e. The predicted molar refractivity (Wildman–Crippen MR) is 121 cm³/mol. The summed E-state index contributed by atoms with van der Waals surface area (Å²) in [4.78, 5) is 33.7. The SMILES string of the molecule is CCCCn1c(=O)n(CCCn2nnc(Cc3cc(F)cc(C(F)(F)F)c3)n2)c(=O)c2[nH]c(Cl)nc21. The van der Waals surface area contributed by atoms with Crippen molar-refractivity contribution in [3.63, 3.8) is 0 Å². The van der Waals surface area contributed by atoms with Crippen molar-refractivity contribution in [1.29, 1.82) is 0 Å². The number of benzene rings is 1. The monoisotopic (exact) mass is 528 g/mol. The summed E-state index contributed by atoms with van der Waals surface area (Å²) in [6.07, 6.45) is -3.01. The van der Waals surface area contributed by atoms with Gasteiger partial charge in [0.1, 0.15) is 5.82 Å². The summed E-state index contributed by atoms with van der Waals surface area (Å²) >= 11 is 5.92. The van der Waals surface area contributed by atoms with Gasteiger partial charge in [0.05, 0.1) is 12.1 Å². The topological polar surface area (TPSA) is 116 Å². The number of imidazole rings is 1. The Morgan fingerprint density at radius 3 is 2.53 bits per heavy atom. The van der Waals surface area contributed by atoms with Gasteiger partial charge in [-0.3, -0.25) is 13.9 Å². The second-order valence-electron chi connectivity index (χ2n) is 8.15. The molecule has 192 valence electrons. The van der Waals surface area contributed by atoms with Crippen molar-refractivity contribution in [1.82, 2.24) is 39.3 Å². The fraction of sp³-hybridized carbons (Fsp3) is 0.429. The number of H-pyrrole nitrogens is 1. The molecule has 0 aliphatic carbocycles. The maximum Gasteiger partial charge on any atom is 0.416 e. The minimum atomic E-state index is -4.68. The highest BCUT2D eigenvalue weighted by molar-refractivity contribution is 6.28. The van der Waals surface area contributed by atoms with Crippen LogP contribution in [0.5, 0.6) is 0 Å². The zero-order valence-electron chi connectivity index (χ0n) is 19.0. The van der Waals surface area contributed by atoms with Crippen molar-refractivity contribution in [3.05, 3.63) is 67.1 Å². The van der Waals surface area contributed by atoms with Gasteiger partial charge < -0.3 is 4.98 Å². The van der Waals surface area contributed by atoms with Gasteiger partial charge >= 0.3 is 11.9 Å². The van der Waals surface area contributed by atoms with Crippen LogP contribution in [0.15, 0.2) is 27.8 Å². The molecule has 0 spiro atoms. The lowest BCUT2D eigenvalue weighted by molar-refractivity contribution is -0.137. The number of fused-ring (bicyclic) bond motifs is 1. The summed E-state index contributed by atoms with van der Waals surface area (Å²) in [5.41, 5.74) is -1.79. The summed E-state index contributed by atoms with van der Waals surface area (Å²) < 4.78 is 54.9. The number of aromatic nitrogens is 8. The molecule has 1 aromatic carbocycles. The zero-order chi connectivity index (χ0) is 26.0. The minimum Gasteiger partial charge on any atom is -0.323 e. The molecule has 10 nitrogen and oxygen atoms in total. The van der Waals surface area contributed by atoms with Crippen LogP contribution in [0.1, 0.15) is 43.1 Å². The molecule has 0 saturated heterocycles. The van der Waals surface area contributed by atoms with Crippen molar-refractivity contribution in [3.8, 4) is 0 Å². The van der Waals surface area contributed by atoms with Crippen molar-refractivity contribution in [2.45, 2.75) is 58.4 Å². The lowest BCUT2D eigenvalue weighted by Gasteiger charge is -2.10. The maximum atomic E-state index is 13.6. The Hall–Kier alpha value is -3.55. The molecule has 1 N–H and O–H groups in total. The average molecular weight is 529 g/mol. The molecule has 3 aromatic heterocycles. The average Bonchev–Trinajstić information content (AvgIpc) is 3.41. The number of nitrogens with zero attached hydrogens (tertiary/aromatic N) is 7. The molecule has 0 radical (unpaired) electrons. The second kappa shape index (κ2) is 10.2. The van der Waals surface area contributed by atoms with Crippen molar-refractivity contribution >= 4 is 22.8 Å². The van der Waals surface area contributed by atoms with Gasteiger partial charge in [-0.2, -0.15) is 23.0 Å². The van der Waals surface area contributed by atoms with Crippen LogP contribution in [0.3, 0.4) is 0 Å². The standard InChI is InChI=1S/C21H21ClF4N8O2/c1-2-3-5-32-17-16(27-19(22)28-17)18(35)33(20(32)36)6-4-7-34-30-15(29-31-34)10-12-8-13(21(24,25)26)11-14(23)9-12/h8-9,11H,2-7,10H2,1H3,(H,27,28). The summed E-state index contributed by atoms with van der Waals surface area (Å²) in [6, 6.07) is 2.22. The molecule has 0 aliphatic heterocycles.